The van der Waals surface area contributed by atoms with Gasteiger partial charge >= 0.3 is 5.97 Å². The fourth-order valence-corrected chi connectivity index (χ4v) is 2.45. The Kier molecular flexibility index (Phi) is 8.63. The highest BCUT2D eigenvalue weighted by Gasteiger charge is 2.17. The van der Waals surface area contributed by atoms with Crippen molar-refractivity contribution in [1.29, 1.82) is 0 Å². The van der Waals surface area contributed by atoms with Gasteiger partial charge < -0.3 is 15.3 Å². The van der Waals surface area contributed by atoms with E-state index in [1.807, 2.05) is 20.8 Å². The molecule has 138 valence electrons. The van der Waals surface area contributed by atoms with E-state index in [-0.39, 0.29) is 18.4 Å². The van der Waals surface area contributed by atoms with Gasteiger partial charge in [-0.05, 0) is 38.5 Å². The van der Waals surface area contributed by atoms with Crippen LogP contribution in [0.2, 0.25) is 0 Å². The minimum Gasteiger partial charge on any atom is -0.480 e. The standard InChI is InChI=1S/C18H27N3O4/c1-4-8-15(18(24)25)19-12-16(22)20-14-10-7-9-13(11-14)17(23)21(5-2)6-3/h7,9-11,15,19H,4-6,8,12H2,1-3H3,(H,20,22)(H,24,25). The summed E-state index contributed by atoms with van der Waals surface area (Å²) in [6, 6.07) is 5.98. The number of carbonyl (C=O) groups is 3. The largest absolute Gasteiger partial charge is 0.480 e. The molecule has 2 amide bonds. The second-order valence-corrected chi connectivity index (χ2v) is 5.67. The normalized spacial score (nSPS) is 11.6. The quantitative estimate of drug-likeness (QED) is 0.600. The SMILES string of the molecule is CCCC(NCC(=O)Nc1cccc(C(=O)N(CC)CC)c1)C(=O)O. The van der Waals surface area contributed by atoms with Gasteiger partial charge in [-0.1, -0.05) is 19.4 Å². The molecule has 1 aromatic rings. The van der Waals surface area contributed by atoms with Gasteiger partial charge in [0.25, 0.3) is 5.91 Å². The topological polar surface area (TPSA) is 98.7 Å². The maximum atomic E-state index is 12.3. The molecule has 1 aromatic carbocycles. The number of amides is 2. The summed E-state index contributed by atoms with van der Waals surface area (Å²) < 4.78 is 0. The van der Waals surface area contributed by atoms with E-state index in [0.29, 0.717) is 37.2 Å². The van der Waals surface area contributed by atoms with E-state index >= 15 is 0 Å². The Hall–Kier alpha value is -2.41. The monoisotopic (exact) mass is 349 g/mol. The lowest BCUT2D eigenvalue weighted by molar-refractivity contribution is -0.139. The first-order chi connectivity index (χ1) is 11.9. The number of benzene rings is 1. The van der Waals surface area contributed by atoms with Crippen LogP contribution in [0.15, 0.2) is 24.3 Å². The van der Waals surface area contributed by atoms with Crippen LogP contribution in [0.3, 0.4) is 0 Å². The van der Waals surface area contributed by atoms with Crippen molar-refractivity contribution in [2.24, 2.45) is 0 Å². The predicted molar refractivity (Wildman–Crippen MR) is 96.7 cm³/mol. The molecule has 7 nitrogen and oxygen atoms in total. The molecule has 0 fully saturated rings. The average molecular weight is 349 g/mol. The molecule has 0 aliphatic carbocycles. The lowest BCUT2D eigenvalue weighted by atomic mass is 10.1. The fourth-order valence-electron chi connectivity index (χ4n) is 2.45. The van der Waals surface area contributed by atoms with Gasteiger partial charge in [-0.25, -0.2) is 0 Å². The number of anilines is 1. The molecule has 0 saturated carbocycles. The van der Waals surface area contributed by atoms with Crippen molar-refractivity contribution < 1.29 is 19.5 Å². The maximum absolute atomic E-state index is 12.3. The minimum atomic E-state index is -0.971. The van der Waals surface area contributed by atoms with Gasteiger partial charge in [-0.3, -0.25) is 19.7 Å². The van der Waals surface area contributed by atoms with E-state index in [9.17, 15) is 14.4 Å². The van der Waals surface area contributed by atoms with Crippen LogP contribution >= 0.6 is 0 Å². The molecule has 0 aliphatic rings. The van der Waals surface area contributed by atoms with Gasteiger partial charge in [0.15, 0.2) is 0 Å². The molecule has 25 heavy (non-hydrogen) atoms. The third-order valence-corrected chi connectivity index (χ3v) is 3.83. The third-order valence-electron chi connectivity index (χ3n) is 3.83. The number of hydrogen-bond acceptors (Lipinski definition) is 4. The van der Waals surface area contributed by atoms with Gasteiger partial charge in [0, 0.05) is 24.3 Å². The molecule has 3 N–H and O–H groups in total. The van der Waals surface area contributed by atoms with Crippen molar-refractivity contribution in [3.63, 3.8) is 0 Å². The van der Waals surface area contributed by atoms with Crippen molar-refractivity contribution in [1.82, 2.24) is 10.2 Å². The maximum Gasteiger partial charge on any atom is 0.320 e. The molecule has 0 saturated heterocycles. The number of carboxylic acid groups (broad SMARTS) is 1. The molecular weight excluding hydrogens is 322 g/mol. The minimum absolute atomic E-state index is 0.0897. The second-order valence-electron chi connectivity index (χ2n) is 5.67. The zero-order valence-electron chi connectivity index (χ0n) is 15.0. The first kappa shape index (κ1) is 20.6. The summed E-state index contributed by atoms with van der Waals surface area (Å²) in [7, 11) is 0. The van der Waals surface area contributed by atoms with Crippen LogP contribution in [0, 0.1) is 0 Å². The van der Waals surface area contributed by atoms with Crippen molar-refractivity contribution in [3.05, 3.63) is 29.8 Å². The highest BCUT2D eigenvalue weighted by atomic mass is 16.4. The van der Waals surface area contributed by atoms with Crippen LogP contribution < -0.4 is 10.6 Å². The zero-order valence-corrected chi connectivity index (χ0v) is 15.0. The zero-order chi connectivity index (χ0) is 18.8. The van der Waals surface area contributed by atoms with E-state index in [1.165, 1.54) is 0 Å². The van der Waals surface area contributed by atoms with Crippen molar-refractivity contribution in [2.75, 3.05) is 25.0 Å². The Labute approximate surface area is 148 Å². The van der Waals surface area contributed by atoms with E-state index in [0.717, 1.165) is 0 Å². The Morgan fingerprint density at radius 3 is 2.40 bits per heavy atom. The molecular formula is C18H27N3O4. The summed E-state index contributed by atoms with van der Waals surface area (Å²) in [5, 5.41) is 14.5. The number of nitrogens with zero attached hydrogens (tertiary/aromatic N) is 1. The van der Waals surface area contributed by atoms with Crippen molar-refractivity contribution in [2.45, 2.75) is 39.7 Å². The predicted octanol–water partition coefficient (Wildman–Crippen LogP) is 1.95. The summed E-state index contributed by atoms with van der Waals surface area (Å²) in [6.45, 7) is 6.83. The second kappa shape index (κ2) is 10.5. The molecule has 0 heterocycles. The summed E-state index contributed by atoms with van der Waals surface area (Å²) in [6.07, 6.45) is 1.16. The molecule has 1 unspecified atom stereocenters. The molecule has 1 rings (SSSR count). The summed E-state index contributed by atoms with van der Waals surface area (Å²) in [5.41, 5.74) is 1.01. The van der Waals surface area contributed by atoms with E-state index in [1.54, 1.807) is 29.2 Å². The Morgan fingerprint density at radius 1 is 1.16 bits per heavy atom. The van der Waals surface area contributed by atoms with Gasteiger partial charge in [-0.2, -0.15) is 0 Å². The van der Waals surface area contributed by atoms with Crippen molar-refractivity contribution in [3.8, 4) is 0 Å². The highest BCUT2D eigenvalue weighted by Crippen LogP contribution is 2.13. The molecule has 7 heteroatoms. The number of carboxylic acids is 1. The lowest BCUT2D eigenvalue weighted by Crippen LogP contribution is -2.41. The summed E-state index contributed by atoms with van der Waals surface area (Å²) in [4.78, 5) is 37.1. The smallest absolute Gasteiger partial charge is 0.320 e. The van der Waals surface area contributed by atoms with Crippen LogP contribution in [0.5, 0.6) is 0 Å². The number of nitrogens with one attached hydrogen (secondary N) is 2. The van der Waals surface area contributed by atoms with Gasteiger partial charge in [0.1, 0.15) is 6.04 Å². The Balaban J connectivity index is 2.67. The number of aliphatic carboxylic acids is 1. The first-order valence-electron chi connectivity index (χ1n) is 8.58. The molecule has 0 aromatic heterocycles. The van der Waals surface area contributed by atoms with Crippen LogP contribution in [-0.2, 0) is 9.59 Å². The van der Waals surface area contributed by atoms with Crippen molar-refractivity contribution >= 4 is 23.5 Å². The molecule has 0 spiro atoms. The van der Waals surface area contributed by atoms with Crippen LogP contribution in [0.4, 0.5) is 5.69 Å². The first-order valence-corrected chi connectivity index (χ1v) is 8.58. The van der Waals surface area contributed by atoms with Gasteiger partial charge in [-0.15, -0.1) is 0 Å². The van der Waals surface area contributed by atoms with E-state index in [4.69, 9.17) is 5.11 Å². The van der Waals surface area contributed by atoms with E-state index < -0.39 is 12.0 Å². The summed E-state index contributed by atoms with van der Waals surface area (Å²) >= 11 is 0. The molecule has 1 atom stereocenters. The number of rotatable bonds is 10. The van der Waals surface area contributed by atoms with Crippen LogP contribution in [-0.4, -0.2) is 53.5 Å². The average Bonchev–Trinajstić information content (AvgIpc) is 2.59. The Morgan fingerprint density at radius 2 is 1.84 bits per heavy atom. The molecule has 0 aliphatic heterocycles. The molecule has 0 bridgehead atoms. The third kappa shape index (κ3) is 6.54. The van der Waals surface area contributed by atoms with Gasteiger partial charge in [0.05, 0.1) is 6.54 Å². The number of carbonyl (C=O) groups excluding carboxylic acids is 2. The fraction of sp³-hybridized carbons (Fsp3) is 0.500. The Bertz CT molecular complexity index is 600. The summed E-state index contributed by atoms with van der Waals surface area (Å²) in [5.74, 6) is -1.41. The van der Waals surface area contributed by atoms with Crippen LogP contribution in [0.25, 0.3) is 0 Å². The molecule has 0 radical (unpaired) electrons. The van der Waals surface area contributed by atoms with Crippen LogP contribution in [0.1, 0.15) is 44.0 Å². The van der Waals surface area contributed by atoms with Gasteiger partial charge in [0.2, 0.25) is 5.91 Å². The van der Waals surface area contributed by atoms with E-state index in [2.05, 4.69) is 10.6 Å². The number of hydrogen-bond donors (Lipinski definition) is 3. The highest BCUT2D eigenvalue weighted by molar-refractivity contribution is 5.97. The lowest BCUT2D eigenvalue weighted by Gasteiger charge is -2.19.